The van der Waals surface area contributed by atoms with E-state index in [0.717, 1.165) is 5.56 Å². The van der Waals surface area contributed by atoms with E-state index < -0.39 is 35.0 Å². The molecular weight excluding hydrogens is 450 g/mol. The number of fused-ring (bicyclic) bond motifs is 3. The average Bonchev–Trinajstić information content (AvgIpc) is 3.22. The molecule has 2 aliphatic rings. The molecule has 0 aromatic heterocycles. The highest BCUT2D eigenvalue weighted by Crippen LogP contribution is 2.69. The first kappa shape index (κ1) is 23.2. The minimum absolute atomic E-state index is 0.0288. The van der Waals surface area contributed by atoms with Crippen LogP contribution in [-0.4, -0.2) is 41.6 Å². The van der Waals surface area contributed by atoms with Crippen molar-refractivity contribution in [2.75, 3.05) is 14.2 Å². The highest BCUT2D eigenvalue weighted by molar-refractivity contribution is 5.82. The van der Waals surface area contributed by atoms with Crippen LogP contribution in [0.4, 0.5) is 0 Å². The quantitative estimate of drug-likeness (QED) is 0.418. The van der Waals surface area contributed by atoms with Gasteiger partial charge in [0.1, 0.15) is 23.4 Å². The van der Waals surface area contributed by atoms with E-state index in [1.54, 1.807) is 24.3 Å². The minimum atomic E-state index is -2.09. The Balaban J connectivity index is 1.88. The molecule has 0 saturated heterocycles. The Bertz CT molecular complexity index is 1260. The van der Waals surface area contributed by atoms with E-state index in [0.29, 0.717) is 22.6 Å². The Morgan fingerprint density at radius 2 is 1.74 bits per heavy atom. The molecule has 0 radical (unpaired) electrons. The van der Waals surface area contributed by atoms with E-state index in [2.05, 4.69) is 5.48 Å². The molecule has 1 aliphatic carbocycles. The number of aryl methyl sites for hydroxylation is 1. The number of amides is 1. The summed E-state index contributed by atoms with van der Waals surface area (Å²) in [5.41, 5.74) is 0.858. The number of hydrogen-bond acceptors (Lipinski definition) is 7. The van der Waals surface area contributed by atoms with Gasteiger partial charge in [0, 0.05) is 5.92 Å². The van der Waals surface area contributed by atoms with Gasteiger partial charge in [-0.15, -0.1) is 0 Å². The Labute approximate surface area is 202 Å². The highest BCUT2D eigenvalue weighted by Gasteiger charge is 2.78. The van der Waals surface area contributed by atoms with Crippen LogP contribution in [0.15, 0.2) is 66.7 Å². The molecular formula is C27H27NO7. The van der Waals surface area contributed by atoms with Gasteiger partial charge in [0.25, 0.3) is 0 Å². The Hall–Kier alpha value is -3.59. The van der Waals surface area contributed by atoms with Crippen LogP contribution < -0.4 is 15.0 Å². The number of aromatic hydroxyl groups is 1. The van der Waals surface area contributed by atoms with Gasteiger partial charge in [-0.05, 0) is 47.9 Å². The summed E-state index contributed by atoms with van der Waals surface area (Å²) in [6.45, 7) is 1.87. The first-order valence-corrected chi connectivity index (χ1v) is 11.3. The normalized spacial score (nSPS) is 28.7. The molecule has 182 valence electrons. The number of carbonyl (C=O) groups excluding carboxylic acids is 1. The molecule has 1 saturated carbocycles. The summed E-state index contributed by atoms with van der Waals surface area (Å²) in [5, 5.41) is 34.4. The smallest absolute Gasteiger partial charge is 0.250 e. The van der Waals surface area contributed by atoms with Gasteiger partial charge in [-0.1, -0.05) is 42.5 Å². The molecule has 1 fully saturated rings. The molecule has 8 heteroatoms. The number of aliphatic hydroxyl groups is 2. The van der Waals surface area contributed by atoms with Crippen molar-refractivity contribution < 1.29 is 34.4 Å². The number of aliphatic hydroxyl groups excluding tert-OH is 1. The van der Waals surface area contributed by atoms with Gasteiger partial charge < -0.3 is 24.8 Å². The second kappa shape index (κ2) is 8.27. The number of benzene rings is 3. The zero-order valence-electron chi connectivity index (χ0n) is 19.6. The van der Waals surface area contributed by atoms with Gasteiger partial charge in [0.15, 0.2) is 11.2 Å². The van der Waals surface area contributed by atoms with Crippen LogP contribution in [0.5, 0.6) is 17.2 Å². The maximum Gasteiger partial charge on any atom is 0.250 e. The van der Waals surface area contributed by atoms with Crippen LogP contribution in [0.1, 0.15) is 28.2 Å². The SMILES string of the molecule is CONC(=O)[C@@H]1[C@@H](O)[C@@]2(O)c3c(OC)cc(C)cc3O[C@@]2(c2ccc(O)cc2)[C@H]1c1ccccc1. The lowest BCUT2D eigenvalue weighted by Crippen LogP contribution is -2.52. The lowest BCUT2D eigenvalue weighted by molar-refractivity contribution is -0.157. The van der Waals surface area contributed by atoms with Crippen molar-refractivity contribution in [2.24, 2.45) is 5.92 Å². The van der Waals surface area contributed by atoms with Gasteiger partial charge in [-0.3, -0.25) is 9.63 Å². The first-order valence-electron chi connectivity index (χ1n) is 11.3. The van der Waals surface area contributed by atoms with Crippen molar-refractivity contribution >= 4 is 5.91 Å². The minimum Gasteiger partial charge on any atom is -0.508 e. The van der Waals surface area contributed by atoms with Crippen molar-refractivity contribution in [1.82, 2.24) is 5.48 Å². The van der Waals surface area contributed by atoms with Crippen LogP contribution in [0.3, 0.4) is 0 Å². The van der Waals surface area contributed by atoms with Crippen LogP contribution in [0.25, 0.3) is 0 Å². The van der Waals surface area contributed by atoms with Crippen molar-refractivity contribution in [2.45, 2.75) is 30.1 Å². The third-order valence-electron chi connectivity index (χ3n) is 7.17. The zero-order valence-corrected chi connectivity index (χ0v) is 19.6. The van der Waals surface area contributed by atoms with Gasteiger partial charge in [-0.25, -0.2) is 5.48 Å². The molecule has 3 aromatic rings. The molecule has 1 amide bonds. The Kier molecular flexibility index (Phi) is 5.47. The average molecular weight is 478 g/mol. The summed E-state index contributed by atoms with van der Waals surface area (Å²) < 4.78 is 12.3. The Morgan fingerprint density at radius 1 is 1.06 bits per heavy atom. The van der Waals surface area contributed by atoms with Crippen molar-refractivity contribution in [3.63, 3.8) is 0 Å². The van der Waals surface area contributed by atoms with Crippen LogP contribution in [0.2, 0.25) is 0 Å². The van der Waals surface area contributed by atoms with E-state index in [-0.39, 0.29) is 11.3 Å². The molecule has 4 N–H and O–H groups in total. The van der Waals surface area contributed by atoms with E-state index in [9.17, 15) is 20.1 Å². The molecule has 0 unspecified atom stereocenters. The van der Waals surface area contributed by atoms with E-state index in [4.69, 9.17) is 14.3 Å². The molecule has 1 heterocycles. The number of phenols is 1. The van der Waals surface area contributed by atoms with Crippen molar-refractivity contribution in [3.8, 4) is 17.2 Å². The maximum absolute atomic E-state index is 13.3. The van der Waals surface area contributed by atoms with Crippen LogP contribution in [0, 0.1) is 12.8 Å². The fourth-order valence-corrected chi connectivity index (χ4v) is 5.87. The molecule has 8 nitrogen and oxygen atoms in total. The molecule has 35 heavy (non-hydrogen) atoms. The van der Waals surface area contributed by atoms with E-state index in [1.807, 2.05) is 37.3 Å². The van der Waals surface area contributed by atoms with Gasteiger partial charge in [0.2, 0.25) is 5.91 Å². The lowest BCUT2D eigenvalue weighted by Gasteiger charge is -2.40. The second-order valence-electron chi connectivity index (χ2n) is 9.02. The molecule has 5 rings (SSSR count). The molecule has 1 aliphatic heterocycles. The Morgan fingerprint density at radius 3 is 2.37 bits per heavy atom. The summed E-state index contributed by atoms with van der Waals surface area (Å²) in [7, 11) is 2.78. The highest BCUT2D eigenvalue weighted by atomic mass is 16.6. The van der Waals surface area contributed by atoms with Crippen LogP contribution in [-0.2, 0) is 20.8 Å². The van der Waals surface area contributed by atoms with Gasteiger partial charge in [0.05, 0.1) is 25.7 Å². The standard InChI is InChI=1S/C27H27NO7/c1-15-13-19(33-2)23-20(14-15)35-27(17-9-11-18(29)12-10-17)22(16-7-5-4-6-8-16)21(25(31)28-34-3)24(30)26(23,27)32/h4-14,21-22,24,29-30,32H,1-3H3,(H,28,31)/t21-,22-,24+,26-,27-/m0/s1. The fraction of sp³-hybridized carbons (Fsp3) is 0.296. The van der Waals surface area contributed by atoms with Gasteiger partial charge in [-0.2, -0.15) is 0 Å². The summed E-state index contributed by atoms with van der Waals surface area (Å²) in [5.74, 6) is -1.90. The van der Waals surface area contributed by atoms with Crippen molar-refractivity contribution in [3.05, 3.63) is 89.0 Å². The second-order valence-corrected chi connectivity index (χ2v) is 9.02. The van der Waals surface area contributed by atoms with Crippen molar-refractivity contribution in [1.29, 1.82) is 0 Å². The summed E-state index contributed by atoms with van der Waals surface area (Å²) >= 11 is 0. The molecule has 3 aromatic carbocycles. The number of hydrogen-bond donors (Lipinski definition) is 4. The predicted octanol–water partition coefficient (Wildman–Crippen LogP) is 2.64. The number of methoxy groups -OCH3 is 1. The lowest BCUT2D eigenvalue weighted by atomic mass is 9.70. The molecule has 5 atom stereocenters. The number of nitrogens with one attached hydrogen (secondary N) is 1. The number of phenolic OH excluding ortho intramolecular Hbond substituents is 1. The zero-order chi connectivity index (χ0) is 25.0. The largest absolute Gasteiger partial charge is 0.508 e. The number of carbonyl (C=O) groups is 1. The fourth-order valence-electron chi connectivity index (χ4n) is 5.87. The third-order valence-corrected chi connectivity index (χ3v) is 7.17. The summed E-state index contributed by atoms with van der Waals surface area (Å²) in [6, 6.07) is 18.9. The van der Waals surface area contributed by atoms with E-state index in [1.165, 1.54) is 26.4 Å². The molecule has 0 spiro atoms. The van der Waals surface area contributed by atoms with Gasteiger partial charge >= 0.3 is 0 Å². The number of rotatable bonds is 5. The summed E-state index contributed by atoms with van der Waals surface area (Å²) in [4.78, 5) is 18.2. The summed E-state index contributed by atoms with van der Waals surface area (Å²) in [6.07, 6.45) is -1.60. The van der Waals surface area contributed by atoms with E-state index >= 15 is 0 Å². The predicted molar refractivity (Wildman–Crippen MR) is 126 cm³/mol. The monoisotopic (exact) mass is 477 g/mol. The first-order chi connectivity index (χ1) is 16.8. The maximum atomic E-state index is 13.3. The number of ether oxygens (including phenoxy) is 2. The third kappa shape index (κ3) is 3.07. The van der Waals surface area contributed by atoms with Crippen LogP contribution >= 0.6 is 0 Å². The number of hydroxylamine groups is 1. The molecule has 0 bridgehead atoms. The topological polar surface area (TPSA) is 117 Å².